The topological polar surface area (TPSA) is 114 Å². The first kappa shape index (κ1) is 21.3. The van der Waals surface area contributed by atoms with Crippen molar-refractivity contribution in [1.29, 1.82) is 0 Å². The van der Waals surface area contributed by atoms with Crippen LogP contribution in [0.5, 0.6) is 11.8 Å². The molecule has 4 aromatic heterocycles. The fraction of sp³-hybridized carbons (Fsp3) is 0.478. The summed E-state index contributed by atoms with van der Waals surface area (Å²) in [6, 6.07) is 3.76. The molecule has 33 heavy (non-hydrogen) atoms. The van der Waals surface area contributed by atoms with Gasteiger partial charge in [0.05, 0.1) is 18.5 Å². The number of imidazole rings is 1. The van der Waals surface area contributed by atoms with Crippen LogP contribution in [0.4, 0.5) is 0 Å². The molecule has 10 heteroatoms. The molecule has 1 saturated carbocycles. The maximum Gasteiger partial charge on any atom is 0.245 e. The lowest BCUT2D eigenvalue weighted by atomic mass is 9.87. The Hall–Kier alpha value is -3.56. The molecule has 0 amide bonds. The molecular formula is C23H27N7O3. The van der Waals surface area contributed by atoms with Crippen LogP contribution in [0.2, 0.25) is 0 Å². The van der Waals surface area contributed by atoms with Crippen LogP contribution in [0.3, 0.4) is 0 Å². The number of aryl methyl sites for hydroxylation is 1. The van der Waals surface area contributed by atoms with Crippen molar-refractivity contribution in [2.75, 3.05) is 7.11 Å². The Morgan fingerprint density at radius 1 is 1.06 bits per heavy atom. The van der Waals surface area contributed by atoms with E-state index in [1.54, 1.807) is 13.4 Å². The first-order chi connectivity index (χ1) is 16.0. The molecule has 5 rings (SSSR count). The summed E-state index contributed by atoms with van der Waals surface area (Å²) in [4.78, 5) is 22.4. The average Bonchev–Trinajstić information content (AvgIpc) is 3.48. The molecular weight excluding hydrogens is 422 g/mol. The molecule has 0 N–H and O–H groups in total. The molecule has 0 spiro atoms. The summed E-state index contributed by atoms with van der Waals surface area (Å²) in [6.45, 7) is 6.06. The Labute approximate surface area is 191 Å². The van der Waals surface area contributed by atoms with Gasteiger partial charge in [0, 0.05) is 17.9 Å². The van der Waals surface area contributed by atoms with E-state index in [0.717, 1.165) is 48.8 Å². The molecule has 4 aromatic rings. The Kier molecular flexibility index (Phi) is 5.65. The van der Waals surface area contributed by atoms with Gasteiger partial charge in [0.25, 0.3) is 0 Å². The van der Waals surface area contributed by atoms with Crippen LogP contribution in [-0.4, -0.2) is 47.9 Å². The summed E-state index contributed by atoms with van der Waals surface area (Å²) in [5.41, 5.74) is 3.00. The molecule has 1 aliphatic carbocycles. The van der Waals surface area contributed by atoms with Gasteiger partial charge < -0.3 is 14.0 Å². The predicted octanol–water partition coefficient (Wildman–Crippen LogP) is 4.14. The highest BCUT2D eigenvalue weighted by Crippen LogP contribution is 2.35. The molecule has 0 unspecified atom stereocenters. The monoisotopic (exact) mass is 449 g/mol. The van der Waals surface area contributed by atoms with E-state index in [0.29, 0.717) is 22.9 Å². The Morgan fingerprint density at radius 3 is 2.58 bits per heavy atom. The number of aromatic nitrogens is 7. The van der Waals surface area contributed by atoms with Gasteiger partial charge in [-0.15, -0.1) is 0 Å². The molecule has 0 saturated heterocycles. The molecule has 0 aromatic carbocycles. The van der Waals surface area contributed by atoms with E-state index < -0.39 is 0 Å². The third-order valence-corrected chi connectivity index (χ3v) is 6.08. The number of fused-ring (bicyclic) bond motifs is 1. The lowest BCUT2D eigenvalue weighted by Gasteiger charge is -2.26. The van der Waals surface area contributed by atoms with Gasteiger partial charge in [-0.2, -0.15) is 9.97 Å². The van der Waals surface area contributed by atoms with Crippen LogP contribution in [0.25, 0.3) is 16.9 Å². The zero-order chi connectivity index (χ0) is 22.9. The maximum atomic E-state index is 6.28. The van der Waals surface area contributed by atoms with E-state index >= 15 is 0 Å². The van der Waals surface area contributed by atoms with Crippen LogP contribution >= 0.6 is 0 Å². The fourth-order valence-electron chi connectivity index (χ4n) is 4.21. The van der Waals surface area contributed by atoms with E-state index in [-0.39, 0.29) is 17.9 Å². The van der Waals surface area contributed by atoms with E-state index in [1.807, 2.05) is 23.6 Å². The summed E-state index contributed by atoms with van der Waals surface area (Å²) in [6.07, 6.45) is 6.94. The van der Waals surface area contributed by atoms with Gasteiger partial charge >= 0.3 is 0 Å². The molecule has 172 valence electrons. The van der Waals surface area contributed by atoms with E-state index in [1.165, 1.54) is 6.33 Å². The van der Waals surface area contributed by atoms with Crippen molar-refractivity contribution in [3.63, 3.8) is 0 Å². The first-order valence-electron chi connectivity index (χ1n) is 11.2. The van der Waals surface area contributed by atoms with Crippen molar-refractivity contribution in [1.82, 2.24) is 34.6 Å². The Morgan fingerprint density at radius 2 is 1.88 bits per heavy atom. The number of methoxy groups -OCH3 is 1. The number of pyridine rings is 1. The Balaban J connectivity index is 1.31. The number of hydrogen-bond donors (Lipinski definition) is 0. The summed E-state index contributed by atoms with van der Waals surface area (Å²) >= 11 is 0. The zero-order valence-electron chi connectivity index (χ0n) is 19.2. The third kappa shape index (κ3) is 4.12. The highest BCUT2D eigenvalue weighted by atomic mass is 16.5. The highest BCUT2D eigenvalue weighted by molar-refractivity contribution is 5.78. The van der Waals surface area contributed by atoms with Gasteiger partial charge in [0.15, 0.2) is 17.0 Å². The molecule has 0 bridgehead atoms. The first-order valence-corrected chi connectivity index (χ1v) is 11.2. The summed E-state index contributed by atoms with van der Waals surface area (Å²) in [5.74, 6) is 3.12. The largest absolute Gasteiger partial charge is 0.481 e. The van der Waals surface area contributed by atoms with Crippen LogP contribution in [0.15, 0.2) is 29.3 Å². The minimum atomic E-state index is 0.0568. The van der Waals surface area contributed by atoms with Crippen molar-refractivity contribution in [2.24, 2.45) is 0 Å². The summed E-state index contributed by atoms with van der Waals surface area (Å²) < 4.78 is 18.9. The fourth-order valence-corrected chi connectivity index (χ4v) is 4.21. The van der Waals surface area contributed by atoms with Crippen molar-refractivity contribution >= 4 is 11.2 Å². The summed E-state index contributed by atoms with van der Waals surface area (Å²) in [5, 5.41) is 4.10. The standard InChI is InChI=1S/C23H27N7O3/c1-13(2)20-28-22(33-29-20)15-5-7-16(8-6-15)32-23-19-21(24-11-25-23)30(12-26-19)17-9-10-18(31-4)27-14(17)3/h9-13,15-16H,5-8H2,1-4H3. The van der Waals surface area contributed by atoms with Crippen molar-refractivity contribution < 1.29 is 14.0 Å². The van der Waals surface area contributed by atoms with Crippen molar-refractivity contribution in [3.8, 4) is 17.4 Å². The minimum absolute atomic E-state index is 0.0568. The molecule has 0 aliphatic heterocycles. The highest BCUT2D eigenvalue weighted by Gasteiger charge is 2.29. The van der Waals surface area contributed by atoms with Crippen LogP contribution in [-0.2, 0) is 0 Å². The SMILES string of the molecule is COc1ccc(-n2cnc3c(OC4CCC(c5nc(C(C)C)no5)CC4)ncnc32)c(C)n1. The van der Waals surface area contributed by atoms with Gasteiger partial charge in [0.2, 0.25) is 17.7 Å². The lowest BCUT2D eigenvalue weighted by Crippen LogP contribution is -2.24. The number of hydrogen-bond acceptors (Lipinski definition) is 9. The molecule has 10 nitrogen and oxygen atoms in total. The molecule has 4 heterocycles. The van der Waals surface area contributed by atoms with E-state index in [4.69, 9.17) is 14.0 Å². The second-order valence-electron chi connectivity index (χ2n) is 8.66. The zero-order valence-corrected chi connectivity index (χ0v) is 19.2. The van der Waals surface area contributed by atoms with Gasteiger partial charge in [-0.3, -0.25) is 4.57 Å². The lowest BCUT2D eigenvalue weighted by molar-refractivity contribution is 0.135. The van der Waals surface area contributed by atoms with E-state index in [9.17, 15) is 0 Å². The Bertz CT molecular complexity index is 1260. The molecule has 1 aliphatic rings. The average molecular weight is 450 g/mol. The smallest absolute Gasteiger partial charge is 0.245 e. The van der Waals surface area contributed by atoms with Crippen LogP contribution in [0, 0.1) is 6.92 Å². The quantitative estimate of drug-likeness (QED) is 0.428. The van der Waals surface area contributed by atoms with Gasteiger partial charge in [-0.05, 0) is 38.7 Å². The van der Waals surface area contributed by atoms with Gasteiger partial charge in [0.1, 0.15) is 18.8 Å². The summed E-state index contributed by atoms with van der Waals surface area (Å²) in [7, 11) is 1.60. The number of rotatable bonds is 6. The second-order valence-corrected chi connectivity index (χ2v) is 8.66. The maximum absolute atomic E-state index is 6.28. The van der Waals surface area contributed by atoms with Crippen LogP contribution < -0.4 is 9.47 Å². The van der Waals surface area contributed by atoms with Crippen molar-refractivity contribution in [3.05, 3.63) is 42.2 Å². The minimum Gasteiger partial charge on any atom is -0.481 e. The van der Waals surface area contributed by atoms with Crippen molar-refractivity contribution in [2.45, 2.75) is 64.4 Å². The molecule has 0 radical (unpaired) electrons. The van der Waals surface area contributed by atoms with Crippen LogP contribution in [0.1, 0.15) is 68.8 Å². The predicted molar refractivity (Wildman–Crippen MR) is 120 cm³/mol. The second kappa shape index (κ2) is 8.76. The number of ether oxygens (including phenoxy) is 2. The number of nitrogens with zero attached hydrogens (tertiary/aromatic N) is 7. The molecule has 0 atom stereocenters. The van der Waals surface area contributed by atoms with Gasteiger partial charge in [-0.25, -0.2) is 15.0 Å². The van der Waals surface area contributed by atoms with E-state index in [2.05, 4.69) is 43.9 Å². The molecule has 1 fully saturated rings. The van der Waals surface area contributed by atoms with Gasteiger partial charge in [-0.1, -0.05) is 19.0 Å². The normalized spacial score (nSPS) is 18.7. The third-order valence-electron chi connectivity index (χ3n) is 6.08.